The lowest BCUT2D eigenvalue weighted by Gasteiger charge is -2.07. The Morgan fingerprint density at radius 2 is 1.85 bits per heavy atom. The summed E-state index contributed by atoms with van der Waals surface area (Å²) in [4.78, 5) is 16.2. The summed E-state index contributed by atoms with van der Waals surface area (Å²) < 4.78 is 39.7. The van der Waals surface area contributed by atoms with Crippen molar-refractivity contribution in [2.45, 2.75) is 12.7 Å². The lowest BCUT2D eigenvalue weighted by molar-refractivity contribution is -0.137. The maximum atomic E-state index is 12.6. The fourth-order valence-electron chi connectivity index (χ4n) is 3.19. The lowest BCUT2D eigenvalue weighted by atomic mass is 10.2. The van der Waals surface area contributed by atoms with Crippen LogP contribution in [0.25, 0.3) is 10.9 Å². The zero-order valence-corrected chi connectivity index (χ0v) is 17.7. The van der Waals surface area contributed by atoms with Crippen molar-refractivity contribution in [1.82, 2.24) is 9.55 Å². The molecule has 0 saturated heterocycles. The van der Waals surface area contributed by atoms with Crippen LogP contribution in [0.2, 0.25) is 5.02 Å². The number of alkyl halides is 3. The molecule has 10 heteroatoms. The molecule has 0 aliphatic heterocycles. The predicted octanol–water partition coefficient (Wildman–Crippen LogP) is 5.79. The molecule has 33 heavy (non-hydrogen) atoms. The number of hydrazone groups is 1. The van der Waals surface area contributed by atoms with Gasteiger partial charge in [0, 0.05) is 39.6 Å². The Bertz CT molecular complexity index is 1300. The number of carbonyl (C=O) groups is 1. The second kappa shape index (κ2) is 9.33. The second-order valence-corrected chi connectivity index (χ2v) is 7.52. The number of benzene rings is 2. The van der Waals surface area contributed by atoms with E-state index in [2.05, 4.69) is 20.8 Å². The molecular weight excluding hydrogens is 455 g/mol. The molecule has 0 saturated carbocycles. The summed E-state index contributed by atoms with van der Waals surface area (Å²) in [5, 5.41) is 8.34. The van der Waals surface area contributed by atoms with Crippen LogP contribution >= 0.6 is 11.6 Å². The van der Waals surface area contributed by atoms with Crippen molar-refractivity contribution >= 4 is 46.1 Å². The smallest absolute Gasteiger partial charge is 0.337 e. The highest BCUT2D eigenvalue weighted by molar-refractivity contribution is 6.30. The van der Waals surface area contributed by atoms with Crippen molar-refractivity contribution in [3.63, 3.8) is 0 Å². The molecule has 0 bridgehead atoms. The van der Waals surface area contributed by atoms with Crippen LogP contribution in [0.4, 0.5) is 24.7 Å². The molecule has 2 heterocycles. The van der Waals surface area contributed by atoms with Gasteiger partial charge in [-0.1, -0.05) is 29.8 Å². The fourth-order valence-corrected chi connectivity index (χ4v) is 3.32. The maximum absolute atomic E-state index is 12.6. The van der Waals surface area contributed by atoms with Gasteiger partial charge in [0.1, 0.15) is 12.4 Å². The Hall–Kier alpha value is -3.85. The largest absolute Gasteiger partial charge is 0.417 e. The van der Waals surface area contributed by atoms with Gasteiger partial charge < -0.3 is 9.88 Å². The van der Waals surface area contributed by atoms with Crippen LogP contribution in [0.3, 0.4) is 0 Å². The first-order valence-electron chi connectivity index (χ1n) is 9.75. The standard InChI is InChI=1S/C23H17ClF3N5O/c24-17-6-8-18(9-7-17)30-22(33)14-32-13-15(19-3-1-2-4-20(19)32)11-29-31-21-10-5-16(12-28-21)23(25,26)27/h1-13H,14H2,(H,28,31)(H,30,33)/b29-11-. The zero-order chi connectivity index (χ0) is 23.4. The molecule has 0 fully saturated rings. The molecule has 4 rings (SSSR count). The normalized spacial score (nSPS) is 11.8. The van der Waals surface area contributed by atoms with Crippen molar-refractivity contribution in [2.24, 2.45) is 5.10 Å². The molecule has 0 atom stereocenters. The van der Waals surface area contributed by atoms with Crippen molar-refractivity contribution in [2.75, 3.05) is 10.7 Å². The maximum Gasteiger partial charge on any atom is 0.417 e. The minimum atomic E-state index is -4.45. The van der Waals surface area contributed by atoms with Gasteiger partial charge in [0.2, 0.25) is 5.91 Å². The van der Waals surface area contributed by atoms with E-state index >= 15 is 0 Å². The molecule has 0 aliphatic rings. The van der Waals surface area contributed by atoms with Gasteiger partial charge in [-0.15, -0.1) is 0 Å². The molecule has 2 N–H and O–H groups in total. The molecule has 0 spiro atoms. The summed E-state index contributed by atoms with van der Waals surface area (Å²) in [5.74, 6) is -0.0426. The van der Waals surface area contributed by atoms with Crippen molar-refractivity contribution in [1.29, 1.82) is 0 Å². The number of amides is 1. The predicted molar refractivity (Wildman–Crippen MR) is 122 cm³/mol. The molecule has 0 aliphatic carbocycles. The average Bonchev–Trinajstić information content (AvgIpc) is 3.12. The van der Waals surface area contributed by atoms with Gasteiger partial charge in [0.15, 0.2) is 0 Å². The summed E-state index contributed by atoms with van der Waals surface area (Å²) >= 11 is 5.87. The number of nitrogens with zero attached hydrogens (tertiary/aromatic N) is 3. The van der Waals surface area contributed by atoms with Crippen LogP contribution in [0.5, 0.6) is 0 Å². The number of pyridine rings is 1. The van der Waals surface area contributed by atoms with Crippen LogP contribution in [0.1, 0.15) is 11.1 Å². The van der Waals surface area contributed by atoms with Gasteiger partial charge in [0.25, 0.3) is 0 Å². The number of aromatic nitrogens is 2. The molecule has 168 valence electrons. The quantitative estimate of drug-likeness (QED) is 0.276. The van der Waals surface area contributed by atoms with E-state index in [0.717, 1.165) is 28.7 Å². The highest BCUT2D eigenvalue weighted by Gasteiger charge is 2.30. The number of carbonyl (C=O) groups excluding carboxylic acids is 1. The van der Waals surface area contributed by atoms with E-state index in [9.17, 15) is 18.0 Å². The number of hydrogen-bond acceptors (Lipinski definition) is 4. The Kier molecular flexibility index (Phi) is 6.32. The number of fused-ring (bicyclic) bond motifs is 1. The van der Waals surface area contributed by atoms with Gasteiger partial charge in [-0.2, -0.15) is 18.3 Å². The third kappa shape index (κ3) is 5.50. The molecule has 2 aromatic carbocycles. The number of rotatable bonds is 6. The van der Waals surface area contributed by atoms with Crippen molar-refractivity contribution < 1.29 is 18.0 Å². The van der Waals surface area contributed by atoms with Gasteiger partial charge >= 0.3 is 6.18 Å². The van der Waals surface area contributed by atoms with Crippen molar-refractivity contribution in [3.8, 4) is 0 Å². The highest BCUT2D eigenvalue weighted by Crippen LogP contribution is 2.29. The molecule has 1 amide bonds. The fraction of sp³-hybridized carbons (Fsp3) is 0.0870. The first kappa shape index (κ1) is 22.3. The number of hydrogen-bond donors (Lipinski definition) is 2. The van der Waals surface area contributed by atoms with Crippen LogP contribution in [0.15, 0.2) is 78.2 Å². The topological polar surface area (TPSA) is 71.3 Å². The van der Waals surface area contributed by atoms with E-state index in [4.69, 9.17) is 11.6 Å². The highest BCUT2D eigenvalue weighted by atomic mass is 35.5. The summed E-state index contributed by atoms with van der Waals surface area (Å²) in [5.41, 5.74) is 3.97. The van der Waals surface area contributed by atoms with E-state index < -0.39 is 11.7 Å². The van der Waals surface area contributed by atoms with Crippen LogP contribution in [-0.4, -0.2) is 21.7 Å². The Labute approximate surface area is 191 Å². The van der Waals surface area contributed by atoms with E-state index in [1.165, 1.54) is 12.3 Å². The number of anilines is 2. The monoisotopic (exact) mass is 471 g/mol. The van der Waals surface area contributed by atoms with Gasteiger partial charge in [0.05, 0.1) is 11.8 Å². The number of para-hydroxylation sites is 1. The molecule has 6 nitrogen and oxygen atoms in total. The van der Waals surface area contributed by atoms with E-state index in [1.807, 2.05) is 24.3 Å². The third-order valence-electron chi connectivity index (χ3n) is 4.73. The van der Waals surface area contributed by atoms with Gasteiger partial charge in [-0.25, -0.2) is 4.98 Å². The van der Waals surface area contributed by atoms with E-state index in [0.29, 0.717) is 10.7 Å². The summed E-state index contributed by atoms with van der Waals surface area (Å²) in [6, 6.07) is 16.4. The molecule has 2 aromatic heterocycles. The van der Waals surface area contributed by atoms with Gasteiger partial charge in [-0.05, 0) is 42.5 Å². The summed E-state index contributed by atoms with van der Waals surface area (Å²) in [7, 11) is 0. The van der Waals surface area contributed by atoms with Crippen molar-refractivity contribution in [3.05, 3.63) is 89.2 Å². The first-order chi connectivity index (χ1) is 15.8. The molecule has 0 radical (unpaired) electrons. The lowest BCUT2D eigenvalue weighted by Crippen LogP contribution is -2.18. The minimum Gasteiger partial charge on any atom is -0.337 e. The van der Waals surface area contributed by atoms with Crippen LogP contribution in [0, 0.1) is 0 Å². The number of nitrogens with one attached hydrogen (secondary N) is 2. The zero-order valence-electron chi connectivity index (χ0n) is 17.0. The van der Waals surface area contributed by atoms with Crippen LogP contribution in [-0.2, 0) is 17.5 Å². The Balaban J connectivity index is 1.48. The number of halogens is 4. The molecule has 0 unspecified atom stereocenters. The minimum absolute atomic E-state index is 0.0743. The average molecular weight is 472 g/mol. The Morgan fingerprint density at radius 1 is 1.09 bits per heavy atom. The SMILES string of the molecule is O=C(Cn1cc(/C=N\Nc2ccc(C(F)(F)F)cn2)c2ccccc21)Nc1ccc(Cl)cc1. The summed E-state index contributed by atoms with van der Waals surface area (Å²) in [6.45, 7) is 0.0743. The van der Waals surface area contributed by atoms with Gasteiger partial charge in [-0.3, -0.25) is 10.2 Å². The van der Waals surface area contributed by atoms with E-state index in [-0.39, 0.29) is 18.3 Å². The first-order valence-corrected chi connectivity index (χ1v) is 10.1. The molecular formula is C23H17ClF3N5O. The third-order valence-corrected chi connectivity index (χ3v) is 4.99. The second-order valence-electron chi connectivity index (χ2n) is 7.08. The molecule has 4 aromatic rings. The van der Waals surface area contributed by atoms with E-state index in [1.54, 1.807) is 35.0 Å². The summed E-state index contributed by atoms with van der Waals surface area (Å²) in [6.07, 6.45) is -0.410. The Morgan fingerprint density at radius 3 is 2.55 bits per heavy atom. The van der Waals surface area contributed by atoms with Crippen LogP contribution < -0.4 is 10.7 Å².